The highest BCUT2D eigenvalue weighted by Crippen LogP contribution is 2.26. The molecular weight excluding hydrogens is 242 g/mol. The van der Waals surface area contributed by atoms with Crippen molar-refractivity contribution < 1.29 is 5.11 Å². The molecule has 1 aromatic carbocycles. The molecule has 2 N–H and O–H groups in total. The topological polar surface area (TPSA) is 32.3 Å². The normalized spacial score (nSPS) is 10.9. The molecule has 0 fully saturated rings. The summed E-state index contributed by atoms with van der Waals surface area (Å²) in [7, 11) is 0. The second-order valence-corrected chi connectivity index (χ2v) is 4.68. The maximum Gasteiger partial charge on any atom is 0.123 e. The van der Waals surface area contributed by atoms with Crippen LogP contribution in [0.4, 0.5) is 0 Å². The molecule has 1 aromatic rings. The van der Waals surface area contributed by atoms with Crippen LogP contribution in [0, 0.1) is 6.92 Å². The van der Waals surface area contributed by atoms with Crippen LogP contribution >= 0.6 is 15.9 Å². The van der Waals surface area contributed by atoms with Gasteiger partial charge in [-0.15, -0.1) is 0 Å². The molecule has 3 heteroatoms. The fourth-order valence-electron chi connectivity index (χ4n) is 1.25. The molecule has 0 spiro atoms. The monoisotopic (exact) mass is 257 g/mol. The van der Waals surface area contributed by atoms with Crippen LogP contribution in [-0.2, 0) is 6.54 Å². The third-order valence-electron chi connectivity index (χ3n) is 2.04. The van der Waals surface area contributed by atoms with Gasteiger partial charge in [0.25, 0.3) is 0 Å². The second kappa shape index (κ2) is 4.80. The Morgan fingerprint density at radius 2 is 2.07 bits per heavy atom. The summed E-state index contributed by atoms with van der Waals surface area (Å²) in [5.41, 5.74) is 1.84. The minimum absolute atomic E-state index is 0.390. The number of hydrogen-bond acceptors (Lipinski definition) is 2. The molecule has 0 aliphatic heterocycles. The summed E-state index contributed by atoms with van der Waals surface area (Å²) in [5.74, 6) is 0.390. The zero-order valence-corrected chi connectivity index (χ0v) is 10.4. The quantitative estimate of drug-likeness (QED) is 0.873. The fourth-order valence-corrected chi connectivity index (χ4v) is 1.87. The summed E-state index contributed by atoms with van der Waals surface area (Å²) in [4.78, 5) is 0. The average Bonchev–Trinajstić information content (AvgIpc) is 2.08. The molecule has 1 rings (SSSR count). The Morgan fingerprint density at radius 3 is 2.64 bits per heavy atom. The Hall–Kier alpha value is -0.540. The smallest absolute Gasteiger partial charge is 0.123 e. The summed E-state index contributed by atoms with van der Waals surface area (Å²) >= 11 is 3.42. The first-order chi connectivity index (χ1) is 6.50. The summed E-state index contributed by atoms with van der Waals surface area (Å²) in [6, 6.07) is 4.28. The van der Waals surface area contributed by atoms with Crippen molar-refractivity contribution in [3.63, 3.8) is 0 Å². The van der Waals surface area contributed by atoms with Crippen LogP contribution in [0.5, 0.6) is 5.75 Å². The average molecular weight is 258 g/mol. The van der Waals surface area contributed by atoms with Crippen molar-refractivity contribution in [2.75, 3.05) is 0 Å². The number of rotatable bonds is 3. The minimum atomic E-state index is 0.390. The highest BCUT2D eigenvalue weighted by molar-refractivity contribution is 9.10. The number of halogens is 1. The van der Waals surface area contributed by atoms with Gasteiger partial charge in [-0.2, -0.15) is 0 Å². The number of phenolic OH excluding ortho intramolecular Hbond substituents is 1. The number of benzene rings is 1. The van der Waals surface area contributed by atoms with Crippen LogP contribution in [0.2, 0.25) is 0 Å². The lowest BCUT2D eigenvalue weighted by Crippen LogP contribution is -2.21. The molecule has 0 saturated carbocycles. The van der Waals surface area contributed by atoms with Crippen LogP contribution in [0.25, 0.3) is 0 Å². The fraction of sp³-hybridized carbons (Fsp3) is 0.455. The predicted molar refractivity (Wildman–Crippen MR) is 62.5 cm³/mol. The van der Waals surface area contributed by atoms with Crippen molar-refractivity contribution in [1.82, 2.24) is 5.32 Å². The Morgan fingerprint density at radius 1 is 1.43 bits per heavy atom. The minimum Gasteiger partial charge on any atom is -0.507 e. The molecule has 0 amide bonds. The third-order valence-corrected chi connectivity index (χ3v) is 2.50. The molecular formula is C11H16BrNO. The van der Waals surface area contributed by atoms with E-state index in [9.17, 15) is 5.11 Å². The van der Waals surface area contributed by atoms with Crippen LogP contribution in [0.15, 0.2) is 16.6 Å². The second-order valence-electron chi connectivity index (χ2n) is 3.77. The first-order valence-electron chi connectivity index (χ1n) is 4.72. The number of nitrogens with one attached hydrogen (secondary N) is 1. The number of aryl methyl sites for hydroxylation is 1. The van der Waals surface area contributed by atoms with Crippen molar-refractivity contribution >= 4 is 15.9 Å². The zero-order chi connectivity index (χ0) is 10.7. The lowest BCUT2D eigenvalue weighted by atomic mass is 10.1. The van der Waals surface area contributed by atoms with E-state index >= 15 is 0 Å². The Kier molecular flexibility index (Phi) is 3.96. The summed E-state index contributed by atoms with van der Waals surface area (Å²) in [6.07, 6.45) is 0. The maximum absolute atomic E-state index is 9.77. The third kappa shape index (κ3) is 3.00. The van der Waals surface area contributed by atoms with E-state index in [2.05, 4.69) is 35.1 Å². The first-order valence-corrected chi connectivity index (χ1v) is 5.51. The Balaban J connectivity index is 2.85. The summed E-state index contributed by atoms with van der Waals surface area (Å²) in [6.45, 7) is 6.77. The molecule has 2 nitrogen and oxygen atoms in total. The molecule has 0 aromatic heterocycles. The Bertz CT molecular complexity index is 323. The lowest BCUT2D eigenvalue weighted by molar-refractivity contribution is 0.457. The van der Waals surface area contributed by atoms with Gasteiger partial charge in [0.2, 0.25) is 0 Å². The van der Waals surface area contributed by atoms with Crippen molar-refractivity contribution in [1.29, 1.82) is 0 Å². The largest absolute Gasteiger partial charge is 0.507 e. The van der Waals surface area contributed by atoms with Crippen molar-refractivity contribution in [2.24, 2.45) is 0 Å². The molecule has 0 aliphatic carbocycles. The van der Waals surface area contributed by atoms with Gasteiger partial charge < -0.3 is 10.4 Å². The highest BCUT2D eigenvalue weighted by Gasteiger charge is 2.06. The van der Waals surface area contributed by atoms with Gasteiger partial charge in [0.15, 0.2) is 0 Å². The maximum atomic E-state index is 9.77. The van der Waals surface area contributed by atoms with Gasteiger partial charge in [0.05, 0.1) is 0 Å². The van der Waals surface area contributed by atoms with Crippen molar-refractivity contribution in [3.8, 4) is 5.75 Å². The number of hydrogen-bond donors (Lipinski definition) is 2. The SMILES string of the molecule is Cc1cc(Br)cc(CNC(C)C)c1O. The van der Waals surface area contributed by atoms with Gasteiger partial charge in [-0.3, -0.25) is 0 Å². The van der Waals surface area contributed by atoms with E-state index in [1.54, 1.807) is 0 Å². The summed E-state index contributed by atoms with van der Waals surface area (Å²) < 4.78 is 1.01. The number of aromatic hydroxyl groups is 1. The van der Waals surface area contributed by atoms with Gasteiger partial charge >= 0.3 is 0 Å². The molecule has 0 saturated heterocycles. The predicted octanol–water partition coefficient (Wildman–Crippen LogP) is 2.96. The lowest BCUT2D eigenvalue weighted by Gasteiger charge is -2.11. The molecule has 0 bridgehead atoms. The van der Waals surface area contributed by atoms with Gasteiger partial charge in [0, 0.05) is 22.6 Å². The molecule has 0 heterocycles. The van der Waals surface area contributed by atoms with Crippen LogP contribution < -0.4 is 5.32 Å². The van der Waals surface area contributed by atoms with Gasteiger partial charge in [-0.05, 0) is 24.6 Å². The van der Waals surface area contributed by atoms with E-state index in [1.165, 1.54) is 0 Å². The van der Waals surface area contributed by atoms with E-state index in [0.717, 1.165) is 15.6 Å². The first kappa shape index (κ1) is 11.5. The van der Waals surface area contributed by atoms with E-state index in [1.807, 2.05) is 19.1 Å². The molecule has 78 valence electrons. The molecule has 0 aliphatic rings. The van der Waals surface area contributed by atoms with E-state index in [4.69, 9.17) is 0 Å². The Labute approximate surface area is 93.5 Å². The molecule has 0 atom stereocenters. The molecule has 0 radical (unpaired) electrons. The van der Waals surface area contributed by atoms with Crippen LogP contribution in [0.3, 0.4) is 0 Å². The number of phenols is 1. The van der Waals surface area contributed by atoms with Gasteiger partial charge in [-0.25, -0.2) is 0 Å². The van der Waals surface area contributed by atoms with Crippen LogP contribution in [0.1, 0.15) is 25.0 Å². The molecule has 14 heavy (non-hydrogen) atoms. The van der Waals surface area contributed by atoms with E-state index in [-0.39, 0.29) is 0 Å². The van der Waals surface area contributed by atoms with Gasteiger partial charge in [0.1, 0.15) is 5.75 Å². The highest BCUT2D eigenvalue weighted by atomic mass is 79.9. The summed E-state index contributed by atoms with van der Waals surface area (Å²) in [5, 5.41) is 13.1. The standard InChI is InChI=1S/C11H16BrNO/c1-7(2)13-6-9-5-10(12)4-8(3)11(9)14/h4-5,7,13-14H,6H2,1-3H3. The zero-order valence-electron chi connectivity index (χ0n) is 8.76. The van der Waals surface area contributed by atoms with Crippen molar-refractivity contribution in [3.05, 3.63) is 27.7 Å². The van der Waals surface area contributed by atoms with Crippen molar-refractivity contribution in [2.45, 2.75) is 33.4 Å². The molecule has 0 unspecified atom stereocenters. The van der Waals surface area contributed by atoms with E-state index in [0.29, 0.717) is 18.3 Å². The van der Waals surface area contributed by atoms with E-state index < -0.39 is 0 Å². The van der Waals surface area contributed by atoms with Crippen LogP contribution in [-0.4, -0.2) is 11.1 Å². The van der Waals surface area contributed by atoms with Gasteiger partial charge in [-0.1, -0.05) is 29.8 Å².